The van der Waals surface area contributed by atoms with Crippen molar-refractivity contribution >= 4 is 54.8 Å². The summed E-state index contributed by atoms with van der Waals surface area (Å²) in [5.74, 6) is 3.81. The van der Waals surface area contributed by atoms with Gasteiger partial charge in [-0.25, -0.2) is 0 Å². The summed E-state index contributed by atoms with van der Waals surface area (Å²) in [6, 6.07) is 17.1. The second kappa shape index (κ2) is 9.51. The van der Waals surface area contributed by atoms with Crippen LogP contribution in [0, 0.1) is 0 Å². The normalized spacial score (nSPS) is 13.5. The van der Waals surface area contributed by atoms with Crippen LogP contribution in [0.15, 0.2) is 48.5 Å². The van der Waals surface area contributed by atoms with Crippen molar-refractivity contribution < 1.29 is 17.7 Å². The first-order valence-electron chi connectivity index (χ1n) is 14.3. The largest absolute Gasteiger partial charge is 0.543 e. The molecule has 0 heterocycles. The van der Waals surface area contributed by atoms with Crippen molar-refractivity contribution in [1.29, 1.82) is 0 Å². The average molecular weight is 605 g/mol. The van der Waals surface area contributed by atoms with E-state index in [9.17, 15) is 0 Å². The molecule has 0 bridgehead atoms. The zero-order valence-electron chi connectivity index (χ0n) is 26.3. The van der Waals surface area contributed by atoms with Gasteiger partial charge in [0.05, 0.1) is 0 Å². The molecule has 0 saturated carbocycles. The number of hydrogen-bond donors (Lipinski definition) is 0. The molecule has 0 fully saturated rings. The molecule has 0 amide bonds. The Hall–Kier alpha value is -2.53. The minimum Gasteiger partial charge on any atom is -0.543 e. The van der Waals surface area contributed by atoms with Gasteiger partial charge >= 0.3 is 0 Å². The van der Waals surface area contributed by atoms with Crippen molar-refractivity contribution in [2.24, 2.45) is 0 Å². The Morgan fingerprint density at radius 2 is 0.500 bits per heavy atom. The van der Waals surface area contributed by atoms with Crippen LogP contribution in [0.4, 0.5) is 0 Å². The molecule has 4 aromatic carbocycles. The van der Waals surface area contributed by atoms with Gasteiger partial charge in [0.15, 0.2) is 0 Å². The van der Waals surface area contributed by atoms with Crippen LogP contribution < -0.4 is 17.7 Å². The predicted octanol–water partition coefficient (Wildman–Crippen LogP) is 10.5. The third-order valence-electron chi connectivity index (χ3n) is 6.37. The van der Waals surface area contributed by atoms with E-state index in [1.165, 1.54) is 0 Å². The molecule has 0 spiro atoms. The van der Waals surface area contributed by atoms with Crippen LogP contribution in [0.1, 0.15) is 0 Å². The Bertz CT molecular complexity index is 1380. The number of benzene rings is 4. The molecule has 0 atom stereocenters. The molecule has 1 aliphatic carbocycles. The van der Waals surface area contributed by atoms with Crippen LogP contribution in [0.2, 0.25) is 78.6 Å². The van der Waals surface area contributed by atoms with Crippen molar-refractivity contribution in [3.05, 3.63) is 48.5 Å². The van der Waals surface area contributed by atoms with E-state index < -0.39 is 33.3 Å². The van der Waals surface area contributed by atoms with E-state index >= 15 is 0 Å². The zero-order valence-corrected chi connectivity index (χ0v) is 30.3. The van der Waals surface area contributed by atoms with Crippen LogP contribution in [0.25, 0.3) is 43.8 Å². The van der Waals surface area contributed by atoms with Gasteiger partial charge in [-0.1, -0.05) is 48.5 Å². The van der Waals surface area contributed by atoms with Crippen LogP contribution in [0.5, 0.6) is 23.0 Å². The molecule has 0 N–H and O–H groups in total. The quantitative estimate of drug-likeness (QED) is 0.165. The van der Waals surface area contributed by atoms with Gasteiger partial charge < -0.3 is 17.7 Å². The first-order chi connectivity index (χ1) is 18.3. The molecule has 0 radical (unpaired) electrons. The Morgan fingerprint density at radius 1 is 0.325 bits per heavy atom. The lowest BCUT2D eigenvalue weighted by atomic mass is 9.75. The average Bonchev–Trinajstić information content (AvgIpc) is 2.76. The maximum Gasteiger partial charge on any atom is 0.242 e. The van der Waals surface area contributed by atoms with E-state index in [-0.39, 0.29) is 0 Å². The van der Waals surface area contributed by atoms with E-state index in [0.29, 0.717) is 0 Å². The van der Waals surface area contributed by atoms with Gasteiger partial charge in [-0.3, -0.25) is 0 Å². The fourth-order valence-corrected chi connectivity index (χ4v) is 8.59. The molecule has 4 aromatic rings. The Balaban J connectivity index is 2.01. The first-order valence-corrected chi connectivity index (χ1v) is 27.9. The topological polar surface area (TPSA) is 36.9 Å². The fraction of sp³-hybridized carbons (Fsp3) is 0.375. The van der Waals surface area contributed by atoms with Gasteiger partial charge in [0.1, 0.15) is 23.0 Å². The lowest BCUT2D eigenvalue weighted by molar-refractivity contribution is 0.541. The lowest BCUT2D eigenvalue weighted by Gasteiger charge is -2.39. The summed E-state index contributed by atoms with van der Waals surface area (Å²) in [4.78, 5) is 0. The summed E-state index contributed by atoms with van der Waals surface area (Å²) in [6.07, 6.45) is 0. The zero-order chi connectivity index (χ0) is 29.4. The molecule has 0 saturated heterocycles. The molecule has 0 unspecified atom stereocenters. The highest BCUT2D eigenvalue weighted by Crippen LogP contribution is 2.67. The number of hydrogen-bond acceptors (Lipinski definition) is 4. The highest BCUT2D eigenvalue weighted by molar-refractivity contribution is 6.72. The maximum absolute atomic E-state index is 6.98. The smallest absolute Gasteiger partial charge is 0.242 e. The third kappa shape index (κ3) is 5.51. The maximum atomic E-state index is 6.98. The van der Waals surface area contributed by atoms with E-state index in [4.69, 9.17) is 17.7 Å². The summed E-state index contributed by atoms with van der Waals surface area (Å²) in [5.41, 5.74) is 4.46. The molecular formula is C32H44O4Si4. The van der Waals surface area contributed by atoms with Gasteiger partial charge in [0.25, 0.3) is 0 Å². The molecule has 4 nitrogen and oxygen atoms in total. The van der Waals surface area contributed by atoms with Crippen molar-refractivity contribution in [2.75, 3.05) is 0 Å². The molecule has 1 aliphatic rings. The molecule has 0 aromatic heterocycles. The van der Waals surface area contributed by atoms with Gasteiger partial charge in [-0.15, -0.1) is 0 Å². The fourth-order valence-electron chi connectivity index (χ4n) is 5.29. The predicted molar refractivity (Wildman–Crippen MR) is 182 cm³/mol. The van der Waals surface area contributed by atoms with Gasteiger partial charge in [0.2, 0.25) is 33.3 Å². The molecule has 212 valence electrons. The number of rotatable bonds is 8. The highest BCUT2D eigenvalue weighted by Gasteiger charge is 2.43. The Labute approximate surface area is 244 Å². The van der Waals surface area contributed by atoms with Gasteiger partial charge in [-0.2, -0.15) is 0 Å². The van der Waals surface area contributed by atoms with Crippen LogP contribution in [0.3, 0.4) is 0 Å². The summed E-state index contributed by atoms with van der Waals surface area (Å²) in [7, 11) is -7.92. The lowest BCUT2D eigenvalue weighted by Crippen LogP contribution is -2.33. The minimum absolute atomic E-state index is 0.954. The molecule has 0 aliphatic heterocycles. The van der Waals surface area contributed by atoms with Crippen LogP contribution in [-0.4, -0.2) is 33.3 Å². The van der Waals surface area contributed by atoms with Crippen molar-refractivity contribution in [1.82, 2.24) is 0 Å². The first kappa shape index (κ1) is 29.0. The van der Waals surface area contributed by atoms with E-state index in [0.717, 1.165) is 66.8 Å². The summed E-state index contributed by atoms with van der Waals surface area (Å²) in [5, 5.41) is 4.40. The van der Waals surface area contributed by atoms with Crippen molar-refractivity contribution in [2.45, 2.75) is 78.6 Å². The van der Waals surface area contributed by atoms with E-state index in [1.54, 1.807) is 0 Å². The van der Waals surface area contributed by atoms with Crippen molar-refractivity contribution in [3.8, 4) is 45.3 Å². The van der Waals surface area contributed by atoms with Crippen LogP contribution >= 0.6 is 0 Å². The standard InChI is InChI=1S/C32H44O4Si4/c1-37(2,3)33-29-21-17-13-14-18-22(21)30(34-38(4,5)6)26-25(29)27-28(26)32(36-40(10,11)12)24-20-16-15-19-23(24)31(27)35-39(7,8)9/h13-20H,1-12H3. The summed E-state index contributed by atoms with van der Waals surface area (Å²) < 4.78 is 27.9. The molecular weight excluding hydrogens is 561 g/mol. The van der Waals surface area contributed by atoms with E-state index in [2.05, 4.69) is 127 Å². The Morgan fingerprint density at radius 3 is 0.650 bits per heavy atom. The highest BCUT2D eigenvalue weighted by atomic mass is 28.4. The van der Waals surface area contributed by atoms with Gasteiger partial charge in [-0.05, 0) is 78.6 Å². The molecule has 40 heavy (non-hydrogen) atoms. The number of fused-ring (bicyclic) bond motifs is 6. The van der Waals surface area contributed by atoms with Gasteiger partial charge in [0, 0.05) is 43.8 Å². The Kier molecular flexibility index (Phi) is 6.89. The molecule has 5 rings (SSSR count). The minimum atomic E-state index is -1.98. The van der Waals surface area contributed by atoms with Crippen molar-refractivity contribution in [3.63, 3.8) is 0 Å². The molecule has 8 heteroatoms. The summed E-state index contributed by atoms with van der Waals surface area (Å²) in [6.45, 7) is 27.0. The monoisotopic (exact) mass is 604 g/mol. The van der Waals surface area contributed by atoms with E-state index in [1.807, 2.05) is 0 Å². The SMILES string of the molecule is C[Si](C)(C)Oc1c2c(c(O[Si](C)(C)C)c3ccccc13)-c1c-2c(O[Si](C)(C)C)c2ccccc2c1O[Si](C)(C)C. The van der Waals surface area contributed by atoms with Crippen LogP contribution in [-0.2, 0) is 0 Å². The second-order valence-electron chi connectivity index (χ2n) is 14.8. The summed E-state index contributed by atoms with van der Waals surface area (Å²) >= 11 is 0. The second-order valence-corrected chi connectivity index (χ2v) is 32.5. The third-order valence-corrected chi connectivity index (χ3v) is 9.64.